The fourth-order valence-electron chi connectivity index (χ4n) is 4.54. The summed E-state index contributed by atoms with van der Waals surface area (Å²) >= 11 is 0. The predicted octanol–water partition coefficient (Wildman–Crippen LogP) is 5.06. The number of methoxy groups -OCH3 is 2. The minimum Gasteiger partial charge on any atom is -0.496 e. The van der Waals surface area contributed by atoms with Crippen LogP contribution in [0, 0.1) is 18.6 Å². The zero-order chi connectivity index (χ0) is 22.0. The van der Waals surface area contributed by atoms with Crippen LogP contribution in [-0.4, -0.2) is 42.4 Å². The van der Waals surface area contributed by atoms with Crippen LogP contribution in [0.2, 0.25) is 0 Å². The molecule has 0 amide bonds. The maximum absolute atomic E-state index is 13.8. The van der Waals surface area contributed by atoms with Crippen molar-refractivity contribution >= 4 is 0 Å². The highest BCUT2D eigenvalue weighted by Crippen LogP contribution is 2.36. The quantitative estimate of drug-likeness (QED) is 0.597. The summed E-state index contributed by atoms with van der Waals surface area (Å²) in [5.74, 6) is 0.194. The zero-order valence-electron chi connectivity index (χ0n) is 18.0. The van der Waals surface area contributed by atoms with Gasteiger partial charge in [-0.3, -0.25) is 10.00 Å². The molecule has 31 heavy (non-hydrogen) atoms. The lowest BCUT2D eigenvalue weighted by Gasteiger charge is -2.33. The lowest BCUT2D eigenvalue weighted by atomic mass is 9.90. The van der Waals surface area contributed by atoms with Gasteiger partial charge in [0.15, 0.2) is 11.6 Å². The summed E-state index contributed by atoms with van der Waals surface area (Å²) in [5, 5.41) is 7.30. The Kier molecular flexibility index (Phi) is 6.23. The van der Waals surface area contributed by atoms with E-state index >= 15 is 0 Å². The molecule has 2 aromatic carbocycles. The number of hydrogen-bond acceptors (Lipinski definition) is 4. The molecule has 1 saturated heterocycles. The predicted molar refractivity (Wildman–Crippen MR) is 115 cm³/mol. The van der Waals surface area contributed by atoms with Gasteiger partial charge in [-0.15, -0.1) is 0 Å². The number of nitrogens with zero attached hydrogens (tertiary/aromatic N) is 2. The van der Waals surface area contributed by atoms with Gasteiger partial charge in [0.1, 0.15) is 11.5 Å². The number of H-pyrrole nitrogens is 1. The second-order valence-corrected chi connectivity index (χ2v) is 7.99. The van der Waals surface area contributed by atoms with Crippen LogP contribution in [-0.2, 0) is 6.54 Å². The van der Waals surface area contributed by atoms with Crippen molar-refractivity contribution < 1.29 is 18.3 Å². The van der Waals surface area contributed by atoms with Gasteiger partial charge >= 0.3 is 0 Å². The van der Waals surface area contributed by atoms with Crippen molar-refractivity contribution in [3.63, 3.8) is 0 Å². The highest BCUT2D eigenvalue weighted by Gasteiger charge is 2.26. The third-order valence-corrected chi connectivity index (χ3v) is 6.07. The van der Waals surface area contributed by atoms with E-state index in [9.17, 15) is 8.78 Å². The molecule has 1 fully saturated rings. The van der Waals surface area contributed by atoms with Gasteiger partial charge in [0.25, 0.3) is 0 Å². The summed E-state index contributed by atoms with van der Waals surface area (Å²) in [4.78, 5) is 2.40. The van der Waals surface area contributed by atoms with E-state index in [2.05, 4.69) is 21.2 Å². The van der Waals surface area contributed by atoms with Gasteiger partial charge in [-0.1, -0.05) is 12.1 Å². The van der Waals surface area contributed by atoms with E-state index in [-0.39, 0.29) is 5.92 Å². The average molecular weight is 427 g/mol. The van der Waals surface area contributed by atoms with E-state index < -0.39 is 11.6 Å². The molecule has 0 radical (unpaired) electrons. The molecular weight excluding hydrogens is 400 g/mol. The zero-order valence-corrected chi connectivity index (χ0v) is 18.0. The Morgan fingerprint density at radius 1 is 1.13 bits per heavy atom. The number of halogens is 2. The molecule has 1 aliphatic heterocycles. The number of ether oxygens (including phenoxy) is 2. The molecule has 164 valence electrons. The minimum absolute atomic E-state index is 0.227. The van der Waals surface area contributed by atoms with Crippen molar-refractivity contribution in [2.75, 3.05) is 27.3 Å². The lowest BCUT2D eigenvalue weighted by molar-refractivity contribution is 0.196. The molecule has 7 heteroatoms. The van der Waals surface area contributed by atoms with Crippen molar-refractivity contribution in [2.45, 2.75) is 32.2 Å². The minimum atomic E-state index is -0.850. The van der Waals surface area contributed by atoms with Gasteiger partial charge in [0, 0.05) is 41.4 Å². The normalized spacial score (nSPS) is 17.0. The first kappa shape index (κ1) is 21.3. The van der Waals surface area contributed by atoms with E-state index in [0.29, 0.717) is 5.56 Å². The van der Waals surface area contributed by atoms with Crippen LogP contribution in [0.4, 0.5) is 8.78 Å². The van der Waals surface area contributed by atoms with Crippen molar-refractivity contribution in [3.05, 3.63) is 65.0 Å². The highest BCUT2D eigenvalue weighted by atomic mass is 19.2. The molecule has 1 unspecified atom stereocenters. The smallest absolute Gasteiger partial charge is 0.159 e. The number of hydrogen-bond donors (Lipinski definition) is 1. The Morgan fingerprint density at radius 3 is 2.71 bits per heavy atom. The topological polar surface area (TPSA) is 50.4 Å². The molecule has 1 atom stereocenters. The molecule has 1 aliphatic rings. The first-order valence-corrected chi connectivity index (χ1v) is 10.4. The molecule has 3 aromatic rings. The molecule has 0 bridgehead atoms. The Labute approximate surface area is 181 Å². The van der Waals surface area contributed by atoms with Gasteiger partial charge < -0.3 is 9.47 Å². The van der Waals surface area contributed by atoms with Crippen molar-refractivity contribution in [2.24, 2.45) is 0 Å². The molecule has 1 N–H and O–H groups in total. The van der Waals surface area contributed by atoms with Crippen LogP contribution in [0.5, 0.6) is 11.5 Å². The molecule has 1 aromatic heterocycles. The Bertz CT molecular complexity index is 1070. The largest absolute Gasteiger partial charge is 0.496 e. The van der Waals surface area contributed by atoms with Crippen molar-refractivity contribution in [3.8, 4) is 22.6 Å². The number of likely N-dealkylation sites (tertiary alicyclic amines) is 1. The summed E-state index contributed by atoms with van der Waals surface area (Å²) in [6.45, 7) is 4.59. The molecule has 0 spiro atoms. The third-order valence-electron chi connectivity index (χ3n) is 6.07. The van der Waals surface area contributed by atoms with Crippen LogP contribution in [0.25, 0.3) is 11.1 Å². The van der Waals surface area contributed by atoms with Crippen LogP contribution < -0.4 is 9.47 Å². The van der Waals surface area contributed by atoms with Crippen molar-refractivity contribution in [1.82, 2.24) is 15.1 Å². The maximum atomic E-state index is 13.8. The number of aromatic amines is 1. The van der Waals surface area contributed by atoms with E-state index in [1.54, 1.807) is 26.5 Å². The van der Waals surface area contributed by atoms with Gasteiger partial charge in [0.05, 0.1) is 20.4 Å². The summed E-state index contributed by atoms with van der Waals surface area (Å²) in [6, 6.07) is 8.02. The van der Waals surface area contributed by atoms with Crippen LogP contribution in [0.1, 0.15) is 35.6 Å². The SMILES string of the molecule is COc1ccc(CN2CCCC(c3[nH]ncc3-c3ccc(F)c(F)c3)C2)c(OC)c1C. The van der Waals surface area contributed by atoms with Gasteiger partial charge in [0.2, 0.25) is 0 Å². The second kappa shape index (κ2) is 9.06. The Morgan fingerprint density at radius 2 is 1.97 bits per heavy atom. The standard InChI is InChI=1S/C24H27F2N3O2/c1-15-22(30-2)9-7-18(24(15)31-3)14-29-10-4-5-17(13-29)23-19(12-27-28-23)16-6-8-20(25)21(26)11-16/h6-9,11-12,17H,4-5,10,13-14H2,1-3H3,(H,27,28). The molecule has 0 aliphatic carbocycles. The lowest BCUT2D eigenvalue weighted by Crippen LogP contribution is -2.34. The number of rotatable bonds is 6. The monoisotopic (exact) mass is 427 g/mol. The Balaban J connectivity index is 1.55. The third kappa shape index (κ3) is 4.28. The molecular formula is C24H27F2N3O2. The number of piperidine rings is 1. The van der Waals surface area contributed by atoms with Crippen LogP contribution in [0.3, 0.4) is 0 Å². The average Bonchev–Trinajstić information content (AvgIpc) is 3.26. The van der Waals surface area contributed by atoms with E-state index in [1.807, 2.05) is 13.0 Å². The van der Waals surface area contributed by atoms with E-state index in [0.717, 1.165) is 72.4 Å². The molecule has 0 saturated carbocycles. The summed E-state index contributed by atoms with van der Waals surface area (Å²) < 4.78 is 38.2. The summed E-state index contributed by atoms with van der Waals surface area (Å²) in [7, 11) is 3.34. The fourth-order valence-corrected chi connectivity index (χ4v) is 4.54. The van der Waals surface area contributed by atoms with Crippen LogP contribution in [0.15, 0.2) is 36.5 Å². The van der Waals surface area contributed by atoms with Gasteiger partial charge in [-0.05, 0) is 50.1 Å². The number of benzene rings is 2. The second-order valence-electron chi connectivity index (χ2n) is 7.99. The highest BCUT2D eigenvalue weighted by molar-refractivity contribution is 5.66. The first-order chi connectivity index (χ1) is 15.0. The molecule has 2 heterocycles. The number of aromatic nitrogens is 2. The number of nitrogens with one attached hydrogen (secondary N) is 1. The van der Waals surface area contributed by atoms with E-state index in [1.165, 1.54) is 6.07 Å². The van der Waals surface area contributed by atoms with Crippen molar-refractivity contribution in [1.29, 1.82) is 0 Å². The maximum Gasteiger partial charge on any atom is 0.159 e. The van der Waals surface area contributed by atoms with E-state index in [4.69, 9.17) is 9.47 Å². The molecule has 4 rings (SSSR count). The summed E-state index contributed by atoms with van der Waals surface area (Å²) in [5.41, 5.74) is 4.53. The first-order valence-electron chi connectivity index (χ1n) is 10.4. The van der Waals surface area contributed by atoms with Crippen LogP contribution >= 0.6 is 0 Å². The Hall–Kier alpha value is -2.93. The van der Waals surface area contributed by atoms with Gasteiger partial charge in [-0.2, -0.15) is 5.10 Å². The van der Waals surface area contributed by atoms with Gasteiger partial charge in [-0.25, -0.2) is 8.78 Å². The molecule has 5 nitrogen and oxygen atoms in total. The fraction of sp³-hybridized carbons (Fsp3) is 0.375. The summed E-state index contributed by atoms with van der Waals surface area (Å²) in [6.07, 6.45) is 3.74.